The summed E-state index contributed by atoms with van der Waals surface area (Å²) in [6.45, 7) is 1.99. The molecule has 1 aromatic carbocycles. The average molecular weight is 377 g/mol. The first-order valence-corrected chi connectivity index (χ1v) is 8.33. The molecule has 0 amide bonds. The highest BCUT2D eigenvalue weighted by molar-refractivity contribution is 9.10. The summed E-state index contributed by atoms with van der Waals surface area (Å²) in [7, 11) is -2.09. The molecule has 0 saturated heterocycles. The van der Waals surface area contributed by atoms with E-state index in [1.165, 1.54) is 18.2 Å². The number of sulfonamides is 1. The topological polar surface area (TPSA) is 71.3 Å². The summed E-state index contributed by atoms with van der Waals surface area (Å²) in [6.07, 6.45) is 0. The summed E-state index contributed by atoms with van der Waals surface area (Å²) >= 11 is 3.01. The lowest BCUT2D eigenvalue weighted by atomic mass is 10.3. The molecule has 2 rings (SSSR count). The van der Waals surface area contributed by atoms with E-state index in [1.54, 1.807) is 14.0 Å². The number of anilines is 1. The van der Waals surface area contributed by atoms with Crippen molar-refractivity contribution in [1.29, 1.82) is 0 Å². The Morgan fingerprint density at radius 2 is 2.05 bits per heavy atom. The van der Waals surface area contributed by atoms with Gasteiger partial charge in [-0.25, -0.2) is 12.8 Å². The molecule has 0 bridgehead atoms. The average Bonchev–Trinajstić information content (AvgIpc) is 2.76. The first kappa shape index (κ1) is 16.0. The zero-order chi connectivity index (χ0) is 15.6. The molecular weight excluding hydrogens is 363 g/mol. The highest BCUT2D eigenvalue weighted by Gasteiger charge is 2.21. The highest BCUT2D eigenvalue weighted by atomic mass is 79.9. The lowest BCUT2D eigenvalue weighted by Crippen LogP contribution is -2.13. The molecule has 0 saturated carbocycles. The van der Waals surface area contributed by atoms with Gasteiger partial charge in [0, 0.05) is 6.07 Å². The molecule has 0 aliphatic heterocycles. The number of benzene rings is 1. The van der Waals surface area contributed by atoms with E-state index in [0.717, 1.165) is 6.07 Å². The number of hydrogen-bond donors (Lipinski definition) is 2. The Labute approximate surface area is 130 Å². The fourth-order valence-corrected chi connectivity index (χ4v) is 3.32. The summed E-state index contributed by atoms with van der Waals surface area (Å²) in [5.74, 6) is 0.248. The maximum atomic E-state index is 13.4. The van der Waals surface area contributed by atoms with Crippen LogP contribution >= 0.6 is 15.9 Å². The molecule has 5 nitrogen and oxygen atoms in total. The van der Waals surface area contributed by atoms with Crippen molar-refractivity contribution >= 4 is 31.6 Å². The quantitative estimate of drug-likeness (QED) is 0.841. The van der Waals surface area contributed by atoms with Gasteiger partial charge in [0.25, 0.3) is 10.0 Å². The van der Waals surface area contributed by atoms with Crippen LogP contribution in [0, 0.1) is 12.7 Å². The van der Waals surface area contributed by atoms with Gasteiger partial charge in [-0.05, 0) is 48.1 Å². The van der Waals surface area contributed by atoms with E-state index in [-0.39, 0.29) is 20.8 Å². The monoisotopic (exact) mass is 376 g/mol. The van der Waals surface area contributed by atoms with Gasteiger partial charge in [0.15, 0.2) is 0 Å². The molecule has 21 heavy (non-hydrogen) atoms. The van der Waals surface area contributed by atoms with E-state index in [4.69, 9.17) is 4.42 Å². The molecule has 0 atom stereocenters. The third-order valence-corrected chi connectivity index (χ3v) is 4.87. The van der Waals surface area contributed by atoms with Crippen molar-refractivity contribution in [2.45, 2.75) is 18.4 Å². The molecule has 2 aromatic rings. The van der Waals surface area contributed by atoms with Gasteiger partial charge in [0.05, 0.1) is 16.7 Å². The minimum absolute atomic E-state index is 0.0380. The van der Waals surface area contributed by atoms with Gasteiger partial charge >= 0.3 is 0 Å². The lowest BCUT2D eigenvalue weighted by Gasteiger charge is -2.07. The Bertz CT molecular complexity index is 759. The van der Waals surface area contributed by atoms with Crippen LogP contribution < -0.4 is 10.0 Å². The first-order valence-electron chi connectivity index (χ1n) is 6.05. The van der Waals surface area contributed by atoms with Crippen molar-refractivity contribution < 1.29 is 17.2 Å². The van der Waals surface area contributed by atoms with E-state index in [9.17, 15) is 12.8 Å². The fourth-order valence-electron chi connectivity index (χ4n) is 1.82. The molecule has 114 valence electrons. The van der Waals surface area contributed by atoms with Crippen LogP contribution in [0.1, 0.15) is 11.5 Å². The van der Waals surface area contributed by atoms with Crippen molar-refractivity contribution in [3.05, 3.63) is 46.1 Å². The Kier molecular flexibility index (Phi) is 4.70. The van der Waals surface area contributed by atoms with E-state index in [0.29, 0.717) is 12.3 Å². The smallest absolute Gasteiger partial charge is 0.265 e. The van der Waals surface area contributed by atoms with E-state index >= 15 is 0 Å². The Morgan fingerprint density at radius 3 is 2.67 bits per heavy atom. The van der Waals surface area contributed by atoms with Crippen LogP contribution in [0.4, 0.5) is 10.1 Å². The van der Waals surface area contributed by atoms with Crippen LogP contribution in [0.3, 0.4) is 0 Å². The molecule has 0 radical (unpaired) electrons. The van der Waals surface area contributed by atoms with Crippen LogP contribution in [0.5, 0.6) is 0 Å². The van der Waals surface area contributed by atoms with Gasteiger partial charge < -0.3 is 9.73 Å². The lowest BCUT2D eigenvalue weighted by molar-refractivity contribution is 0.466. The predicted octanol–water partition coefficient (Wildman–Crippen LogP) is 3.01. The third-order valence-electron chi connectivity index (χ3n) is 2.74. The maximum absolute atomic E-state index is 13.4. The normalized spacial score (nSPS) is 11.6. The standard InChI is InChI=1S/C13H14BrFN2O3S/c1-8-13(6-10(20-8)7-16-2)21(18,19)17-9-3-4-11(14)12(15)5-9/h3-6,16-17H,7H2,1-2H3. The molecule has 1 aromatic heterocycles. The third kappa shape index (κ3) is 3.63. The summed E-state index contributed by atoms with van der Waals surface area (Å²) in [5.41, 5.74) is 0.145. The van der Waals surface area contributed by atoms with Gasteiger partial charge in [0.2, 0.25) is 0 Å². The van der Waals surface area contributed by atoms with Gasteiger partial charge in [-0.3, -0.25) is 4.72 Å². The molecule has 0 spiro atoms. The second kappa shape index (κ2) is 6.17. The zero-order valence-corrected chi connectivity index (χ0v) is 13.8. The Balaban J connectivity index is 2.31. The number of aryl methyl sites for hydroxylation is 1. The van der Waals surface area contributed by atoms with Crippen LogP contribution in [0.2, 0.25) is 0 Å². The number of nitrogens with one attached hydrogen (secondary N) is 2. The maximum Gasteiger partial charge on any atom is 0.265 e. The number of rotatable bonds is 5. The van der Waals surface area contributed by atoms with Crippen LogP contribution in [-0.2, 0) is 16.6 Å². The molecule has 0 aliphatic carbocycles. The molecule has 0 unspecified atom stereocenters. The molecule has 1 heterocycles. The number of halogens is 2. The van der Waals surface area contributed by atoms with Crippen molar-refractivity contribution in [3.8, 4) is 0 Å². The summed E-state index contributed by atoms with van der Waals surface area (Å²) in [4.78, 5) is 0.0380. The van der Waals surface area contributed by atoms with E-state index in [1.807, 2.05) is 0 Å². The fraction of sp³-hybridized carbons (Fsp3) is 0.231. The largest absolute Gasteiger partial charge is 0.464 e. The van der Waals surface area contributed by atoms with Crippen LogP contribution in [0.25, 0.3) is 0 Å². The van der Waals surface area contributed by atoms with Gasteiger partial charge in [-0.15, -0.1) is 0 Å². The second-order valence-electron chi connectivity index (χ2n) is 4.40. The minimum atomic E-state index is -3.82. The molecule has 0 aliphatic rings. The zero-order valence-electron chi connectivity index (χ0n) is 11.4. The second-order valence-corrected chi connectivity index (χ2v) is 6.90. The summed E-state index contributed by atoms with van der Waals surface area (Å²) in [5, 5.41) is 2.88. The highest BCUT2D eigenvalue weighted by Crippen LogP contribution is 2.25. The Morgan fingerprint density at radius 1 is 1.33 bits per heavy atom. The molecule has 8 heteroatoms. The van der Waals surface area contributed by atoms with Crippen LogP contribution in [0.15, 0.2) is 38.1 Å². The van der Waals surface area contributed by atoms with Gasteiger partial charge in [-0.2, -0.15) is 0 Å². The summed E-state index contributed by atoms with van der Waals surface area (Å²) in [6, 6.07) is 5.45. The number of furan rings is 1. The van der Waals surface area contributed by atoms with Crippen molar-refractivity contribution in [2.75, 3.05) is 11.8 Å². The predicted molar refractivity (Wildman–Crippen MR) is 81.1 cm³/mol. The minimum Gasteiger partial charge on any atom is -0.464 e. The first-order chi connectivity index (χ1) is 9.83. The van der Waals surface area contributed by atoms with Crippen LogP contribution in [-0.4, -0.2) is 15.5 Å². The van der Waals surface area contributed by atoms with Crippen molar-refractivity contribution in [3.63, 3.8) is 0 Å². The van der Waals surface area contributed by atoms with Gasteiger partial charge in [0.1, 0.15) is 22.2 Å². The van der Waals surface area contributed by atoms with Crippen molar-refractivity contribution in [1.82, 2.24) is 5.32 Å². The number of hydrogen-bond acceptors (Lipinski definition) is 4. The van der Waals surface area contributed by atoms with Crippen molar-refractivity contribution in [2.24, 2.45) is 0 Å². The molecular formula is C13H14BrFN2O3S. The molecule has 2 N–H and O–H groups in total. The molecule has 0 fully saturated rings. The SMILES string of the molecule is CNCc1cc(S(=O)(=O)Nc2ccc(Br)c(F)c2)c(C)o1. The Hall–Kier alpha value is -1.38. The van der Waals surface area contributed by atoms with Gasteiger partial charge in [-0.1, -0.05) is 0 Å². The van der Waals surface area contributed by atoms with E-state index < -0.39 is 15.8 Å². The van der Waals surface area contributed by atoms with E-state index in [2.05, 4.69) is 26.0 Å². The summed E-state index contributed by atoms with van der Waals surface area (Å²) < 4.78 is 46.0.